The van der Waals surface area contributed by atoms with Gasteiger partial charge in [-0.1, -0.05) is 53.4 Å². The minimum atomic E-state index is 0. The van der Waals surface area contributed by atoms with Gasteiger partial charge in [0.25, 0.3) is 0 Å². The van der Waals surface area contributed by atoms with Crippen LogP contribution in [0.25, 0.3) is 5.32 Å². The van der Waals surface area contributed by atoms with Crippen molar-refractivity contribution in [3.8, 4) is 0 Å². The molecule has 0 heterocycles. The van der Waals surface area contributed by atoms with E-state index < -0.39 is 0 Å². The van der Waals surface area contributed by atoms with Gasteiger partial charge < -0.3 is 5.32 Å². The van der Waals surface area contributed by atoms with Gasteiger partial charge in [0.1, 0.15) is 0 Å². The molecule has 0 atom stereocenters. The zero-order valence-corrected chi connectivity index (χ0v) is 15.7. The number of hydrogen-bond acceptors (Lipinski definition) is 0. The van der Waals surface area contributed by atoms with Crippen LogP contribution in [-0.4, -0.2) is 12.1 Å². The van der Waals surface area contributed by atoms with E-state index in [1.165, 1.54) is 25.7 Å². The smallest absolute Gasteiger partial charge is 0.657 e. The Morgan fingerprint density at radius 3 is 1.17 bits per heavy atom. The van der Waals surface area contributed by atoms with Crippen molar-refractivity contribution in [2.45, 2.75) is 65.5 Å². The summed E-state index contributed by atoms with van der Waals surface area (Å²) in [5, 5.41) is 4.75. The summed E-state index contributed by atoms with van der Waals surface area (Å²) in [6, 6.07) is 1.22. The maximum Gasteiger partial charge on any atom is 1.00 e. The molecule has 0 bridgehead atoms. The molecule has 0 radical (unpaired) electrons. The molecule has 0 fully saturated rings. The van der Waals surface area contributed by atoms with Gasteiger partial charge in [-0.25, -0.2) is 0 Å². The van der Waals surface area contributed by atoms with Gasteiger partial charge in [-0.3, -0.25) is 0 Å². The zero-order chi connectivity index (χ0) is 8.69. The van der Waals surface area contributed by atoms with E-state index in [-0.39, 0.29) is 68.9 Å². The maximum absolute atomic E-state index is 4.75. The van der Waals surface area contributed by atoms with Crippen molar-refractivity contribution in [2.24, 2.45) is 0 Å². The molecule has 0 aromatic carbocycles. The summed E-state index contributed by atoms with van der Waals surface area (Å²) in [6.07, 6.45) is 4.81. The Bertz CT molecular complexity index is 67.9. The summed E-state index contributed by atoms with van der Waals surface area (Å²) in [6.45, 7) is 8.89. The molecule has 0 aliphatic rings. The first-order chi connectivity index (χ1) is 5.28. The molecular formula is C10H22CsN. The van der Waals surface area contributed by atoms with Crippen LogP contribution in [-0.2, 0) is 0 Å². The van der Waals surface area contributed by atoms with E-state index in [0.717, 1.165) is 0 Å². The fraction of sp³-hybridized carbons (Fsp3) is 1.00. The second kappa shape index (κ2) is 11.1. The van der Waals surface area contributed by atoms with Crippen molar-refractivity contribution in [1.82, 2.24) is 0 Å². The van der Waals surface area contributed by atoms with E-state index in [1.54, 1.807) is 0 Å². The fourth-order valence-electron chi connectivity index (χ4n) is 1.30. The maximum atomic E-state index is 4.75. The molecule has 0 saturated carbocycles. The Balaban J connectivity index is 0. The first-order valence-corrected chi connectivity index (χ1v) is 4.98. The zero-order valence-electron chi connectivity index (χ0n) is 9.43. The predicted octanol–water partition coefficient (Wildman–Crippen LogP) is 0.741. The monoisotopic (exact) mass is 289 g/mol. The van der Waals surface area contributed by atoms with Crippen LogP contribution in [0.15, 0.2) is 0 Å². The van der Waals surface area contributed by atoms with Gasteiger partial charge >= 0.3 is 68.9 Å². The van der Waals surface area contributed by atoms with Crippen molar-refractivity contribution in [2.75, 3.05) is 0 Å². The molecule has 0 aromatic rings. The number of rotatable bonds is 6. The normalized spacial score (nSPS) is 10.5. The number of nitrogens with zero attached hydrogens (tertiary/aromatic N) is 1. The Hall–Kier alpha value is 2.01. The first-order valence-electron chi connectivity index (χ1n) is 4.98. The van der Waals surface area contributed by atoms with Gasteiger partial charge in [0.05, 0.1) is 0 Å². The summed E-state index contributed by atoms with van der Waals surface area (Å²) < 4.78 is 0. The molecule has 0 aromatic heterocycles. The average Bonchev–Trinajstić information content (AvgIpc) is 2.07. The molecule has 0 aliphatic carbocycles. The van der Waals surface area contributed by atoms with Gasteiger partial charge in [-0.2, -0.15) is 0 Å². The summed E-state index contributed by atoms with van der Waals surface area (Å²) in [5.74, 6) is 0. The molecule has 0 saturated heterocycles. The van der Waals surface area contributed by atoms with Crippen molar-refractivity contribution in [1.29, 1.82) is 0 Å². The van der Waals surface area contributed by atoms with E-state index in [2.05, 4.69) is 27.7 Å². The van der Waals surface area contributed by atoms with Gasteiger partial charge in [0.15, 0.2) is 0 Å². The molecule has 0 spiro atoms. The van der Waals surface area contributed by atoms with E-state index in [1.807, 2.05) is 0 Å². The predicted molar refractivity (Wildman–Crippen MR) is 52.1 cm³/mol. The van der Waals surface area contributed by atoms with Crippen molar-refractivity contribution >= 4 is 0 Å². The quantitative estimate of drug-likeness (QED) is 0.685. The third kappa shape index (κ3) is 7.42. The Morgan fingerprint density at radius 1 is 0.750 bits per heavy atom. The molecule has 0 rings (SSSR count). The second-order valence-corrected chi connectivity index (χ2v) is 3.09. The third-order valence-corrected chi connectivity index (χ3v) is 2.31. The standard InChI is InChI=1S/C10H22N.Cs/c1-5-9(6-2)11-10(7-3)8-4;/h9-10H,5-8H2,1-4H3;/q-1;+1. The van der Waals surface area contributed by atoms with Crippen molar-refractivity contribution in [3.63, 3.8) is 0 Å². The van der Waals surface area contributed by atoms with E-state index in [0.29, 0.717) is 12.1 Å². The van der Waals surface area contributed by atoms with E-state index >= 15 is 0 Å². The molecule has 1 nitrogen and oxygen atoms in total. The topological polar surface area (TPSA) is 14.1 Å². The molecule has 12 heavy (non-hydrogen) atoms. The first kappa shape index (κ1) is 16.4. The third-order valence-electron chi connectivity index (χ3n) is 2.31. The van der Waals surface area contributed by atoms with Crippen LogP contribution in [0.2, 0.25) is 0 Å². The number of hydrogen-bond donors (Lipinski definition) is 0. The van der Waals surface area contributed by atoms with Crippen molar-refractivity contribution < 1.29 is 68.9 Å². The van der Waals surface area contributed by atoms with E-state index in [9.17, 15) is 0 Å². The molecule has 2 heteroatoms. The van der Waals surface area contributed by atoms with Crippen LogP contribution in [0, 0.1) is 0 Å². The van der Waals surface area contributed by atoms with Gasteiger partial charge in [-0.15, -0.1) is 12.1 Å². The van der Waals surface area contributed by atoms with Crippen LogP contribution >= 0.6 is 0 Å². The molecule has 0 N–H and O–H groups in total. The Kier molecular flexibility index (Phi) is 15.2. The van der Waals surface area contributed by atoms with Gasteiger partial charge in [0, 0.05) is 0 Å². The average molecular weight is 289 g/mol. The molecule has 0 amide bonds. The second-order valence-electron chi connectivity index (χ2n) is 3.09. The molecule has 68 valence electrons. The van der Waals surface area contributed by atoms with Crippen LogP contribution < -0.4 is 68.9 Å². The van der Waals surface area contributed by atoms with Crippen molar-refractivity contribution in [3.05, 3.63) is 5.32 Å². The fourth-order valence-corrected chi connectivity index (χ4v) is 1.30. The Morgan fingerprint density at radius 2 is 1.00 bits per heavy atom. The minimum Gasteiger partial charge on any atom is -0.657 e. The molecule has 0 unspecified atom stereocenters. The van der Waals surface area contributed by atoms with Crippen LogP contribution in [0.3, 0.4) is 0 Å². The SMILES string of the molecule is CCC(CC)[N-]C(CC)CC.[Cs+]. The van der Waals surface area contributed by atoms with Crippen LogP contribution in [0.4, 0.5) is 0 Å². The summed E-state index contributed by atoms with van der Waals surface area (Å²) in [4.78, 5) is 0. The largest absolute Gasteiger partial charge is 1.00 e. The molecule has 0 aliphatic heterocycles. The summed E-state index contributed by atoms with van der Waals surface area (Å²) in [5.41, 5.74) is 0. The van der Waals surface area contributed by atoms with E-state index in [4.69, 9.17) is 5.32 Å². The van der Waals surface area contributed by atoms with Crippen LogP contribution in [0.1, 0.15) is 53.4 Å². The van der Waals surface area contributed by atoms with Gasteiger partial charge in [0.2, 0.25) is 0 Å². The summed E-state index contributed by atoms with van der Waals surface area (Å²) >= 11 is 0. The summed E-state index contributed by atoms with van der Waals surface area (Å²) in [7, 11) is 0. The van der Waals surface area contributed by atoms with Gasteiger partial charge in [-0.05, 0) is 0 Å². The molecular weight excluding hydrogens is 267 g/mol. The Labute approximate surface area is 137 Å². The minimum absolute atomic E-state index is 0. The van der Waals surface area contributed by atoms with Crippen LogP contribution in [0.5, 0.6) is 0 Å².